The van der Waals surface area contributed by atoms with Gasteiger partial charge < -0.3 is 10.1 Å². The summed E-state index contributed by atoms with van der Waals surface area (Å²) in [6.07, 6.45) is 2.80. The number of ether oxygens (including phenoxy) is 1. The van der Waals surface area contributed by atoms with Crippen LogP contribution in [0.4, 0.5) is 0 Å². The summed E-state index contributed by atoms with van der Waals surface area (Å²) in [4.78, 5) is 4.14. The van der Waals surface area contributed by atoms with E-state index in [1.807, 2.05) is 18.2 Å². The Bertz CT molecular complexity index is 273. The third-order valence-electron chi connectivity index (χ3n) is 2.32. The van der Waals surface area contributed by atoms with Crippen LogP contribution >= 0.6 is 12.4 Å². The third-order valence-corrected chi connectivity index (χ3v) is 2.32. The molecule has 1 atom stereocenters. The monoisotopic (exact) mass is 214 g/mol. The summed E-state index contributed by atoms with van der Waals surface area (Å²) in [6.45, 7) is 4.05. The van der Waals surface area contributed by atoms with Gasteiger partial charge in [-0.3, -0.25) is 0 Å². The van der Waals surface area contributed by atoms with Crippen LogP contribution in [0, 0.1) is 0 Å². The summed E-state index contributed by atoms with van der Waals surface area (Å²) in [5, 5.41) is 3.28. The van der Waals surface area contributed by atoms with Gasteiger partial charge in [-0.15, -0.1) is 12.4 Å². The Balaban J connectivity index is 0.000000980. The number of aromatic nitrogens is 1. The maximum Gasteiger partial charge on any atom is 0.213 e. The van der Waals surface area contributed by atoms with Gasteiger partial charge in [0, 0.05) is 25.2 Å². The summed E-state index contributed by atoms with van der Waals surface area (Å²) >= 11 is 0. The first-order valence-electron chi connectivity index (χ1n) is 4.59. The normalized spacial score (nSPS) is 25.5. The molecule has 1 fully saturated rings. The Labute approximate surface area is 90.3 Å². The standard InChI is InChI=1S/C10H14N2O.ClH/c1-10(5-7-11-8-10)13-9-4-2-3-6-12-9;/h2-4,6,11H,5,7-8H2,1H3;1H. The van der Waals surface area contributed by atoms with E-state index < -0.39 is 0 Å². The molecule has 0 aliphatic carbocycles. The molecule has 1 saturated heterocycles. The van der Waals surface area contributed by atoms with Crippen LogP contribution in [0.15, 0.2) is 24.4 Å². The van der Waals surface area contributed by atoms with Crippen LogP contribution in [0.25, 0.3) is 0 Å². The molecule has 1 aliphatic heterocycles. The lowest BCUT2D eigenvalue weighted by Gasteiger charge is -2.23. The smallest absolute Gasteiger partial charge is 0.213 e. The van der Waals surface area contributed by atoms with Crippen molar-refractivity contribution in [1.29, 1.82) is 0 Å². The number of nitrogens with one attached hydrogen (secondary N) is 1. The number of nitrogens with zero attached hydrogens (tertiary/aromatic N) is 1. The quantitative estimate of drug-likeness (QED) is 0.813. The zero-order chi connectivity index (χ0) is 9.15. The van der Waals surface area contributed by atoms with Crippen molar-refractivity contribution in [3.63, 3.8) is 0 Å². The summed E-state index contributed by atoms with van der Waals surface area (Å²) in [7, 11) is 0. The average Bonchev–Trinajstić information content (AvgIpc) is 2.54. The van der Waals surface area contributed by atoms with Crippen LogP contribution in [0.5, 0.6) is 5.88 Å². The largest absolute Gasteiger partial charge is 0.470 e. The fraction of sp³-hybridized carbons (Fsp3) is 0.500. The molecule has 1 N–H and O–H groups in total. The summed E-state index contributed by atoms with van der Waals surface area (Å²) in [6, 6.07) is 5.72. The van der Waals surface area contributed by atoms with E-state index >= 15 is 0 Å². The van der Waals surface area contributed by atoms with Gasteiger partial charge in [0.25, 0.3) is 0 Å². The minimum atomic E-state index is -0.0750. The zero-order valence-electron chi connectivity index (χ0n) is 8.19. The molecule has 14 heavy (non-hydrogen) atoms. The first-order valence-corrected chi connectivity index (χ1v) is 4.59. The molecule has 2 heterocycles. The first-order chi connectivity index (χ1) is 6.29. The average molecular weight is 215 g/mol. The summed E-state index contributed by atoms with van der Waals surface area (Å²) in [5.74, 6) is 0.716. The van der Waals surface area contributed by atoms with Crippen molar-refractivity contribution in [2.75, 3.05) is 13.1 Å². The van der Waals surface area contributed by atoms with Crippen LogP contribution in [0.2, 0.25) is 0 Å². The van der Waals surface area contributed by atoms with E-state index in [1.54, 1.807) is 6.20 Å². The molecule has 1 unspecified atom stereocenters. The van der Waals surface area contributed by atoms with Gasteiger partial charge in [-0.2, -0.15) is 0 Å². The lowest BCUT2D eigenvalue weighted by Crippen LogP contribution is -2.34. The number of hydrogen-bond acceptors (Lipinski definition) is 3. The molecule has 0 amide bonds. The molecule has 0 saturated carbocycles. The fourth-order valence-corrected chi connectivity index (χ4v) is 1.54. The van der Waals surface area contributed by atoms with Crippen molar-refractivity contribution < 1.29 is 4.74 Å². The molecule has 0 radical (unpaired) electrons. The fourth-order valence-electron chi connectivity index (χ4n) is 1.54. The van der Waals surface area contributed by atoms with Crippen molar-refractivity contribution in [3.05, 3.63) is 24.4 Å². The molecule has 1 aromatic heterocycles. The predicted octanol–water partition coefficient (Wildman–Crippen LogP) is 1.63. The lowest BCUT2D eigenvalue weighted by molar-refractivity contribution is 0.105. The molecule has 0 bridgehead atoms. The lowest BCUT2D eigenvalue weighted by atomic mass is 10.1. The highest BCUT2D eigenvalue weighted by molar-refractivity contribution is 5.85. The number of halogens is 1. The third kappa shape index (κ3) is 2.59. The highest BCUT2D eigenvalue weighted by Crippen LogP contribution is 2.21. The van der Waals surface area contributed by atoms with Gasteiger partial charge in [0.15, 0.2) is 0 Å². The van der Waals surface area contributed by atoms with Crippen LogP contribution in [-0.4, -0.2) is 23.7 Å². The minimum absolute atomic E-state index is 0. The van der Waals surface area contributed by atoms with Crippen molar-refractivity contribution >= 4 is 12.4 Å². The molecule has 1 aromatic rings. The van der Waals surface area contributed by atoms with E-state index in [1.165, 1.54) is 0 Å². The van der Waals surface area contributed by atoms with Gasteiger partial charge in [-0.25, -0.2) is 4.98 Å². The second kappa shape index (κ2) is 4.62. The second-order valence-electron chi connectivity index (χ2n) is 3.65. The second-order valence-corrected chi connectivity index (χ2v) is 3.65. The van der Waals surface area contributed by atoms with Crippen molar-refractivity contribution in [2.24, 2.45) is 0 Å². The SMILES string of the molecule is CC1(Oc2ccccn2)CCNC1.Cl. The Morgan fingerprint density at radius 2 is 2.36 bits per heavy atom. The van der Waals surface area contributed by atoms with Gasteiger partial charge in [-0.05, 0) is 19.5 Å². The maximum atomic E-state index is 5.79. The van der Waals surface area contributed by atoms with E-state index in [4.69, 9.17) is 4.74 Å². The highest BCUT2D eigenvalue weighted by atomic mass is 35.5. The maximum absolute atomic E-state index is 5.79. The molecule has 1 aliphatic rings. The Hall–Kier alpha value is -0.800. The van der Waals surface area contributed by atoms with Crippen molar-refractivity contribution in [2.45, 2.75) is 18.9 Å². The molecular weight excluding hydrogens is 200 g/mol. The van der Waals surface area contributed by atoms with Gasteiger partial charge in [0.1, 0.15) is 5.60 Å². The first kappa shape index (κ1) is 11.3. The van der Waals surface area contributed by atoms with Gasteiger partial charge in [0.2, 0.25) is 5.88 Å². The minimum Gasteiger partial charge on any atom is -0.470 e. The van der Waals surface area contributed by atoms with Crippen molar-refractivity contribution in [1.82, 2.24) is 10.3 Å². The van der Waals surface area contributed by atoms with Gasteiger partial charge in [0.05, 0.1) is 0 Å². The zero-order valence-corrected chi connectivity index (χ0v) is 9.01. The van der Waals surface area contributed by atoms with E-state index in [-0.39, 0.29) is 18.0 Å². The van der Waals surface area contributed by atoms with Gasteiger partial charge >= 0.3 is 0 Å². The van der Waals surface area contributed by atoms with E-state index in [0.29, 0.717) is 5.88 Å². The highest BCUT2D eigenvalue weighted by Gasteiger charge is 2.30. The van der Waals surface area contributed by atoms with Crippen LogP contribution in [-0.2, 0) is 0 Å². The predicted molar refractivity (Wildman–Crippen MR) is 58.0 cm³/mol. The topological polar surface area (TPSA) is 34.1 Å². The molecule has 2 rings (SSSR count). The molecule has 4 heteroatoms. The molecule has 78 valence electrons. The summed E-state index contributed by atoms with van der Waals surface area (Å²) in [5.41, 5.74) is -0.0750. The Kier molecular flexibility index (Phi) is 3.72. The molecule has 0 spiro atoms. The Morgan fingerprint density at radius 1 is 1.50 bits per heavy atom. The van der Waals surface area contributed by atoms with Gasteiger partial charge in [-0.1, -0.05) is 6.07 Å². The number of hydrogen-bond donors (Lipinski definition) is 1. The summed E-state index contributed by atoms with van der Waals surface area (Å²) < 4.78 is 5.79. The van der Waals surface area contributed by atoms with Crippen LogP contribution in [0.1, 0.15) is 13.3 Å². The van der Waals surface area contributed by atoms with Crippen LogP contribution < -0.4 is 10.1 Å². The number of pyridine rings is 1. The molecule has 0 aromatic carbocycles. The van der Waals surface area contributed by atoms with Crippen molar-refractivity contribution in [3.8, 4) is 5.88 Å². The van der Waals surface area contributed by atoms with E-state index in [9.17, 15) is 0 Å². The van der Waals surface area contributed by atoms with E-state index in [0.717, 1.165) is 19.5 Å². The number of rotatable bonds is 2. The molecular formula is C10H15ClN2O. The van der Waals surface area contributed by atoms with E-state index in [2.05, 4.69) is 17.2 Å². The molecule has 3 nitrogen and oxygen atoms in total. The Morgan fingerprint density at radius 3 is 2.93 bits per heavy atom. The van der Waals surface area contributed by atoms with Crippen LogP contribution in [0.3, 0.4) is 0 Å².